The van der Waals surface area contributed by atoms with E-state index >= 15 is 0 Å². The topological polar surface area (TPSA) is 69.6 Å². The minimum absolute atomic E-state index is 0.224. The SMILES string of the molecule is O=S([O-])OC(c1ccc(Cl)cc1)C1(CO)C=CC=CC1. The smallest absolute Gasteiger partial charge is 0.110 e. The highest BCUT2D eigenvalue weighted by atomic mass is 35.5. The second-order valence-corrected chi connectivity index (χ2v) is 5.65. The first-order valence-corrected chi connectivity index (χ1v) is 7.42. The van der Waals surface area contributed by atoms with Crippen LogP contribution in [0.15, 0.2) is 48.6 Å². The van der Waals surface area contributed by atoms with Gasteiger partial charge in [0, 0.05) is 10.4 Å². The van der Waals surface area contributed by atoms with Gasteiger partial charge in [-0.3, -0.25) is 4.18 Å². The van der Waals surface area contributed by atoms with E-state index in [0.29, 0.717) is 17.0 Å². The molecule has 2 rings (SSSR count). The molecule has 0 heterocycles. The Kier molecular flexibility index (Phi) is 5.12. The van der Waals surface area contributed by atoms with Crippen LogP contribution in [0.25, 0.3) is 0 Å². The van der Waals surface area contributed by atoms with Gasteiger partial charge in [-0.05, 0) is 24.1 Å². The van der Waals surface area contributed by atoms with Crippen molar-refractivity contribution in [2.45, 2.75) is 12.5 Å². The third kappa shape index (κ3) is 3.37. The second-order valence-electron chi connectivity index (χ2n) is 4.61. The molecule has 0 aromatic heterocycles. The molecule has 0 amide bonds. The Labute approximate surface area is 125 Å². The van der Waals surface area contributed by atoms with Crippen LogP contribution in [0.1, 0.15) is 18.1 Å². The lowest BCUT2D eigenvalue weighted by atomic mass is 9.75. The van der Waals surface area contributed by atoms with Gasteiger partial charge in [0.05, 0.1) is 18.0 Å². The number of rotatable bonds is 5. The molecule has 0 fully saturated rings. The van der Waals surface area contributed by atoms with Gasteiger partial charge < -0.3 is 9.66 Å². The molecule has 1 aliphatic rings. The zero-order valence-corrected chi connectivity index (χ0v) is 12.1. The molecule has 1 aliphatic carbocycles. The summed E-state index contributed by atoms with van der Waals surface area (Å²) in [5.41, 5.74) is -0.157. The molecule has 108 valence electrons. The monoisotopic (exact) mass is 313 g/mol. The van der Waals surface area contributed by atoms with Crippen LogP contribution in [0.2, 0.25) is 5.02 Å². The number of hydrogen-bond acceptors (Lipinski definition) is 4. The molecule has 4 nitrogen and oxygen atoms in total. The van der Waals surface area contributed by atoms with Crippen LogP contribution in [-0.4, -0.2) is 20.5 Å². The maximum atomic E-state index is 11.0. The zero-order chi connectivity index (χ0) is 14.6. The van der Waals surface area contributed by atoms with Crippen molar-refractivity contribution in [3.8, 4) is 0 Å². The quantitative estimate of drug-likeness (QED) is 0.849. The molecule has 0 radical (unpaired) electrons. The van der Waals surface area contributed by atoms with E-state index in [1.807, 2.05) is 12.2 Å². The van der Waals surface area contributed by atoms with Crippen LogP contribution in [0.5, 0.6) is 0 Å². The number of benzene rings is 1. The summed E-state index contributed by atoms with van der Waals surface area (Å²) < 4.78 is 27.0. The maximum Gasteiger partial charge on any atom is 0.110 e. The van der Waals surface area contributed by atoms with Gasteiger partial charge in [0.1, 0.15) is 6.10 Å². The fraction of sp³-hybridized carbons (Fsp3) is 0.286. The molecular weight excluding hydrogens is 300 g/mol. The van der Waals surface area contributed by atoms with Crippen molar-refractivity contribution >= 4 is 23.0 Å². The third-order valence-electron chi connectivity index (χ3n) is 3.34. The van der Waals surface area contributed by atoms with Gasteiger partial charge in [0.25, 0.3) is 0 Å². The first kappa shape index (κ1) is 15.4. The summed E-state index contributed by atoms with van der Waals surface area (Å²) in [6.07, 6.45) is 6.96. The molecule has 3 atom stereocenters. The standard InChI is InChI=1S/C14H15ClO4S/c15-12-6-4-11(5-7-12)13(19-20(17)18)14(10-16)8-2-1-3-9-14/h1-8,13,16H,9-10H2,(H,17,18)/p-1. The van der Waals surface area contributed by atoms with Crippen LogP contribution in [0.4, 0.5) is 0 Å². The summed E-state index contributed by atoms with van der Waals surface area (Å²) in [5.74, 6) is 0. The predicted octanol–water partition coefficient (Wildman–Crippen LogP) is 2.69. The Morgan fingerprint density at radius 2 is 2.10 bits per heavy atom. The van der Waals surface area contributed by atoms with Crippen LogP contribution in [-0.2, 0) is 15.5 Å². The van der Waals surface area contributed by atoms with Gasteiger partial charge in [-0.25, -0.2) is 4.21 Å². The fourth-order valence-corrected chi connectivity index (χ4v) is 2.86. The van der Waals surface area contributed by atoms with Gasteiger partial charge in [0.15, 0.2) is 0 Å². The van der Waals surface area contributed by atoms with Crippen LogP contribution in [0, 0.1) is 5.41 Å². The van der Waals surface area contributed by atoms with Gasteiger partial charge in [-0.2, -0.15) is 0 Å². The number of aliphatic hydroxyl groups excluding tert-OH is 1. The van der Waals surface area contributed by atoms with Gasteiger partial charge in [-0.1, -0.05) is 48.0 Å². The lowest BCUT2D eigenvalue weighted by molar-refractivity contribution is 0.0355. The summed E-state index contributed by atoms with van der Waals surface area (Å²) in [4.78, 5) is 0. The average Bonchev–Trinajstić information content (AvgIpc) is 2.46. The van der Waals surface area contributed by atoms with E-state index in [9.17, 15) is 13.9 Å². The Balaban J connectivity index is 2.40. The molecular formula is C14H14ClO4S-. The highest BCUT2D eigenvalue weighted by molar-refractivity contribution is 7.74. The van der Waals surface area contributed by atoms with Crippen LogP contribution < -0.4 is 0 Å². The highest BCUT2D eigenvalue weighted by Gasteiger charge is 2.38. The summed E-state index contributed by atoms with van der Waals surface area (Å²) in [6.45, 7) is -0.224. The highest BCUT2D eigenvalue weighted by Crippen LogP contribution is 2.43. The summed E-state index contributed by atoms with van der Waals surface area (Å²) >= 11 is 3.16. The Morgan fingerprint density at radius 1 is 1.40 bits per heavy atom. The van der Waals surface area contributed by atoms with Crippen LogP contribution >= 0.6 is 11.6 Å². The molecule has 0 spiro atoms. The zero-order valence-electron chi connectivity index (χ0n) is 10.6. The van der Waals surface area contributed by atoms with E-state index in [2.05, 4.69) is 0 Å². The van der Waals surface area contributed by atoms with Gasteiger partial charge in [0.2, 0.25) is 0 Å². The molecule has 0 bridgehead atoms. The molecule has 6 heteroatoms. The second kappa shape index (κ2) is 6.65. The summed E-state index contributed by atoms with van der Waals surface area (Å²) in [5, 5.41) is 10.3. The van der Waals surface area contributed by atoms with Crippen molar-refractivity contribution in [2.75, 3.05) is 6.61 Å². The molecule has 1 aromatic carbocycles. The molecule has 1 aromatic rings. The van der Waals surface area contributed by atoms with Crippen molar-refractivity contribution in [1.29, 1.82) is 0 Å². The van der Waals surface area contributed by atoms with Crippen molar-refractivity contribution in [2.24, 2.45) is 5.41 Å². The van der Waals surface area contributed by atoms with Gasteiger partial charge >= 0.3 is 0 Å². The van der Waals surface area contributed by atoms with E-state index in [0.717, 1.165) is 0 Å². The predicted molar refractivity (Wildman–Crippen MR) is 76.6 cm³/mol. The van der Waals surface area contributed by atoms with E-state index in [1.165, 1.54) is 0 Å². The molecule has 0 saturated heterocycles. The average molecular weight is 314 g/mol. The minimum Gasteiger partial charge on any atom is -0.750 e. The number of hydrogen-bond donors (Lipinski definition) is 1. The van der Waals surface area contributed by atoms with Crippen molar-refractivity contribution in [3.63, 3.8) is 0 Å². The molecule has 3 unspecified atom stereocenters. The lowest BCUT2D eigenvalue weighted by Gasteiger charge is -2.37. The Morgan fingerprint density at radius 3 is 2.60 bits per heavy atom. The molecule has 1 N–H and O–H groups in total. The fourth-order valence-electron chi connectivity index (χ4n) is 2.28. The van der Waals surface area contributed by atoms with E-state index in [-0.39, 0.29) is 6.61 Å². The Hall–Kier alpha value is -0.980. The summed E-state index contributed by atoms with van der Waals surface area (Å²) in [7, 11) is 0. The van der Waals surface area contributed by atoms with Gasteiger partial charge in [-0.15, -0.1) is 0 Å². The number of allylic oxidation sites excluding steroid dienone is 3. The van der Waals surface area contributed by atoms with E-state index < -0.39 is 22.9 Å². The van der Waals surface area contributed by atoms with Crippen LogP contribution in [0.3, 0.4) is 0 Å². The van der Waals surface area contributed by atoms with Crippen molar-refractivity contribution in [1.82, 2.24) is 0 Å². The molecule has 0 saturated carbocycles. The number of aliphatic hydroxyl groups is 1. The first-order valence-electron chi connectivity index (χ1n) is 6.04. The van der Waals surface area contributed by atoms with E-state index in [4.69, 9.17) is 15.8 Å². The Bertz CT molecular complexity index is 541. The third-order valence-corrected chi connectivity index (χ3v) is 3.94. The summed E-state index contributed by atoms with van der Waals surface area (Å²) in [6, 6.07) is 6.72. The molecule has 20 heavy (non-hydrogen) atoms. The number of halogens is 1. The van der Waals surface area contributed by atoms with E-state index in [1.54, 1.807) is 36.4 Å². The normalized spacial score (nSPS) is 24.6. The lowest BCUT2D eigenvalue weighted by Crippen LogP contribution is -2.33. The van der Waals surface area contributed by atoms with Crippen molar-refractivity contribution < 1.29 is 18.1 Å². The largest absolute Gasteiger partial charge is 0.750 e. The van der Waals surface area contributed by atoms with Crippen molar-refractivity contribution in [3.05, 3.63) is 59.2 Å². The first-order chi connectivity index (χ1) is 9.57. The maximum absolute atomic E-state index is 11.0. The molecule has 0 aliphatic heterocycles. The minimum atomic E-state index is -2.68.